The summed E-state index contributed by atoms with van der Waals surface area (Å²) in [6.45, 7) is 0. The van der Waals surface area contributed by atoms with Gasteiger partial charge in [0.25, 0.3) is 5.56 Å². The molecule has 0 unspecified atom stereocenters. The van der Waals surface area contributed by atoms with Gasteiger partial charge in [-0.15, -0.1) is 0 Å². The Labute approximate surface area is 114 Å². The van der Waals surface area contributed by atoms with Crippen molar-refractivity contribution in [2.24, 2.45) is 0 Å². The molecule has 4 rings (SSSR count). The van der Waals surface area contributed by atoms with Gasteiger partial charge in [0.05, 0.1) is 11.0 Å². The number of benzene rings is 2. The van der Waals surface area contributed by atoms with Crippen LogP contribution >= 0.6 is 0 Å². The molecule has 0 fully saturated rings. The summed E-state index contributed by atoms with van der Waals surface area (Å²) in [5.74, 6) is 6.01. The van der Waals surface area contributed by atoms with Gasteiger partial charge in [-0.05, 0) is 17.5 Å². The standard InChI is InChI=1S/C16H11N3O/c17-19-15-12(8-7-10-4-3-9-18-14(10)15)11-5-1-2-6-13(11)16(19)20/h1-9H,17H2. The molecule has 0 amide bonds. The molecule has 0 radical (unpaired) electrons. The highest BCUT2D eigenvalue weighted by atomic mass is 16.1. The summed E-state index contributed by atoms with van der Waals surface area (Å²) in [5.41, 5.74) is 1.22. The average molecular weight is 261 g/mol. The molecule has 2 aromatic heterocycles. The predicted octanol–water partition coefficient (Wildman–Crippen LogP) is 2.42. The Morgan fingerprint density at radius 2 is 1.70 bits per heavy atom. The number of aromatic nitrogens is 2. The van der Waals surface area contributed by atoms with E-state index in [0.29, 0.717) is 10.9 Å². The van der Waals surface area contributed by atoms with Gasteiger partial charge in [-0.25, -0.2) is 4.68 Å². The number of nitrogens with two attached hydrogens (primary N) is 1. The van der Waals surface area contributed by atoms with Crippen LogP contribution in [0.3, 0.4) is 0 Å². The van der Waals surface area contributed by atoms with E-state index in [4.69, 9.17) is 5.84 Å². The number of hydrogen-bond donors (Lipinski definition) is 1. The van der Waals surface area contributed by atoms with Gasteiger partial charge in [-0.2, -0.15) is 0 Å². The lowest BCUT2D eigenvalue weighted by molar-refractivity contribution is 1.01. The lowest BCUT2D eigenvalue weighted by Gasteiger charge is -2.10. The minimum Gasteiger partial charge on any atom is -0.336 e. The van der Waals surface area contributed by atoms with Gasteiger partial charge in [-0.3, -0.25) is 9.78 Å². The Bertz CT molecular complexity index is 1030. The summed E-state index contributed by atoms with van der Waals surface area (Å²) in [5, 5.41) is 3.43. The second-order valence-corrected chi connectivity index (χ2v) is 4.76. The van der Waals surface area contributed by atoms with Crippen LogP contribution in [0.25, 0.3) is 32.6 Å². The average Bonchev–Trinajstić information content (AvgIpc) is 2.51. The first kappa shape index (κ1) is 11.0. The number of fused-ring (bicyclic) bond motifs is 5. The van der Waals surface area contributed by atoms with Crippen molar-refractivity contribution in [2.75, 3.05) is 5.84 Å². The first-order valence-corrected chi connectivity index (χ1v) is 6.33. The maximum atomic E-state index is 12.4. The molecule has 4 aromatic rings. The van der Waals surface area contributed by atoms with E-state index in [1.54, 1.807) is 12.3 Å². The topological polar surface area (TPSA) is 60.9 Å². The summed E-state index contributed by atoms with van der Waals surface area (Å²) in [7, 11) is 0. The van der Waals surface area contributed by atoms with E-state index < -0.39 is 0 Å². The molecule has 0 aliphatic rings. The van der Waals surface area contributed by atoms with Gasteiger partial charge in [0.2, 0.25) is 0 Å². The first-order valence-electron chi connectivity index (χ1n) is 6.33. The lowest BCUT2D eigenvalue weighted by Crippen LogP contribution is -2.27. The fraction of sp³-hybridized carbons (Fsp3) is 0. The molecule has 4 nitrogen and oxygen atoms in total. The van der Waals surface area contributed by atoms with Crippen LogP contribution in [-0.2, 0) is 0 Å². The van der Waals surface area contributed by atoms with Crippen molar-refractivity contribution in [2.45, 2.75) is 0 Å². The molecule has 0 atom stereocenters. The zero-order valence-corrected chi connectivity index (χ0v) is 10.6. The third kappa shape index (κ3) is 1.30. The highest BCUT2D eigenvalue weighted by molar-refractivity contribution is 6.13. The molecular formula is C16H11N3O. The van der Waals surface area contributed by atoms with E-state index >= 15 is 0 Å². The molecule has 20 heavy (non-hydrogen) atoms. The molecule has 4 heteroatoms. The van der Waals surface area contributed by atoms with Crippen LogP contribution in [0.1, 0.15) is 0 Å². The fourth-order valence-electron chi connectivity index (χ4n) is 2.73. The summed E-state index contributed by atoms with van der Waals surface area (Å²) < 4.78 is 1.20. The Balaban J connectivity index is 2.43. The Kier molecular flexibility index (Phi) is 2.09. The van der Waals surface area contributed by atoms with Crippen molar-refractivity contribution in [1.29, 1.82) is 0 Å². The molecule has 0 saturated heterocycles. The first-order chi connectivity index (χ1) is 9.77. The van der Waals surface area contributed by atoms with Crippen LogP contribution in [0.5, 0.6) is 0 Å². The van der Waals surface area contributed by atoms with Crippen molar-refractivity contribution >= 4 is 32.6 Å². The summed E-state index contributed by atoms with van der Waals surface area (Å²) in [6, 6.07) is 15.3. The van der Waals surface area contributed by atoms with Gasteiger partial charge in [-0.1, -0.05) is 36.4 Å². The summed E-state index contributed by atoms with van der Waals surface area (Å²) in [4.78, 5) is 16.8. The molecule has 2 heterocycles. The maximum absolute atomic E-state index is 12.4. The molecular weight excluding hydrogens is 250 g/mol. The smallest absolute Gasteiger partial charge is 0.277 e. The molecule has 2 N–H and O–H groups in total. The monoisotopic (exact) mass is 261 g/mol. The number of pyridine rings is 2. The van der Waals surface area contributed by atoms with Crippen molar-refractivity contribution in [1.82, 2.24) is 9.66 Å². The highest BCUT2D eigenvalue weighted by Gasteiger charge is 2.11. The Hall–Kier alpha value is -2.88. The zero-order valence-electron chi connectivity index (χ0n) is 10.6. The Morgan fingerprint density at radius 1 is 0.900 bits per heavy atom. The van der Waals surface area contributed by atoms with Crippen LogP contribution < -0.4 is 11.4 Å². The van der Waals surface area contributed by atoms with E-state index in [2.05, 4.69) is 4.98 Å². The summed E-state index contributed by atoms with van der Waals surface area (Å²) in [6.07, 6.45) is 1.71. The van der Waals surface area contributed by atoms with Crippen LogP contribution in [0.2, 0.25) is 0 Å². The van der Waals surface area contributed by atoms with Crippen LogP contribution in [0.15, 0.2) is 59.5 Å². The van der Waals surface area contributed by atoms with Crippen LogP contribution in [0.4, 0.5) is 0 Å². The van der Waals surface area contributed by atoms with Crippen LogP contribution in [-0.4, -0.2) is 9.66 Å². The largest absolute Gasteiger partial charge is 0.336 e. The van der Waals surface area contributed by atoms with Gasteiger partial charge in [0.1, 0.15) is 0 Å². The normalized spacial score (nSPS) is 11.4. The number of hydrogen-bond acceptors (Lipinski definition) is 3. The molecule has 0 spiro atoms. The van der Waals surface area contributed by atoms with Crippen molar-refractivity contribution < 1.29 is 0 Å². The number of rotatable bonds is 0. The molecule has 0 aliphatic carbocycles. The van der Waals surface area contributed by atoms with Gasteiger partial charge in [0, 0.05) is 22.4 Å². The van der Waals surface area contributed by atoms with Gasteiger partial charge in [0.15, 0.2) is 0 Å². The van der Waals surface area contributed by atoms with Gasteiger partial charge >= 0.3 is 0 Å². The van der Waals surface area contributed by atoms with Crippen LogP contribution in [0, 0.1) is 0 Å². The Morgan fingerprint density at radius 3 is 2.55 bits per heavy atom. The van der Waals surface area contributed by atoms with E-state index in [1.165, 1.54) is 4.68 Å². The van der Waals surface area contributed by atoms with E-state index in [-0.39, 0.29) is 5.56 Å². The quantitative estimate of drug-likeness (QED) is 0.390. The molecule has 96 valence electrons. The van der Waals surface area contributed by atoms with Crippen molar-refractivity contribution in [3.05, 3.63) is 65.1 Å². The van der Waals surface area contributed by atoms with E-state index in [0.717, 1.165) is 21.7 Å². The fourth-order valence-corrected chi connectivity index (χ4v) is 2.73. The minimum atomic E-state index is -0.203. The number of nitrogen functional groups attached to an aromatic ring is 1. The predicted molar refractivity (Wildman–Crippen MR) is 81.2 cm³/mol. The highest BCUT2D eigenvalue weighted by Crippen LogP contribution is 2.27. The minimum absolute atomic E-state index is 0.203. The van der Waals surface area contributed by atoms with E-state index in [1.807, 2.05) is 42.5 Å². The lowest BCUT2D eigenvalue weighted by atomic mass is 10.0. The number of nitrogens with zero attached hydrogens (tertiary/aromatic N) is 2. The third-order valence-electron chi connectivity index (χ3n) is 3.66. The second kappa shape index (κ2) is 3.81. The maximum Gasteiger partial charge on any atom is 0.277 e. The third-order valence-corrected chi connectivity index (χ3v) is 3.66. The molecule has 0 aliphatic heterocycles. The van der Waals surface area contributed by atoms with Crippen molar-refractivity contribution in [3.8, 4) is 0 Å². The summed E-state index contributed by atoms with van der Waals surface area (Å²) >= 11 is 0. The van der Waals surface area contributed by atoms with Gasteiger partial charge < -0.3 is 5.84 Å². The SMILES string of the molecule is Nn1c(=O)c2ccccc2c2ccc3cccnc3c21. The van der Waals surface area contributed by atoms with E-state index in [9.17, 15) is 4.79 Å². The van der Waals surface area contributed by atoms with Crippen molar-refractivity contribution in [3.63, 3.8) is 0 Å². The molecule has 0 saturated carbocycles. The zero-order chi connectivity index (χ0) is 13.7. The second-order valence-electron chi connectivity index (χ2n) is 4.76. The molecule has 2 aromatic carbocycles. The molecule has 0 bridgehead atoms.